The molecule has 1 heterocycles. The number of carbonyl (C=O) groups is 2. The monoisotopic (exact) mass is 345 g/mol. The molecule has 0 unspecified atom stereocenters. The van der Waals surface area contributed by atoms with Gasteiger partial charge >= 0.3 is 11.9 Å². The number of carbonyl (C=O) groups excluding carboxylic acids is 2. The second-order valence-corrected chi connectivity index (χ2v) is 6.21. The Kier molecular flexibility index (Phi) is 6.37. The van der Waals surface area contributed by atoms with Gasteiger partial charge in [-0.05, 0) is 24.3 Å². The fraction of sp³-hybridized carbons (Fsp3) is 0.278. The van der Waals surface area contributed by atoms with Crippen molar-refractivity contribution in [2.24, 2.45) is 5.41 Å². The Balaban J connectivity index is 2.33. The predicted molar refractivity (Wildman–Crippen MR) is 91.6 cm³/mol. The van der Waals surface area contributed by atoms with Crippen molar-refractivity contribution in [3.05, 3.63) is 60.4 Å². The second-order valence-electron chi connectivity index (χ2n) is 5.16. The Bertz CT molecular complexity index is 660. The highest BCUT2D eigenvalue weighted by Gasteiger charge is 2.49. The van der Waals surface area contributed by atoms with Crippen molar-refractivity contribution in [2.45, 2.75) is 11.3 Å². The lowest BCUT2D eigenvalue weighted by atomic mass is 9.85. The molecule has 0 saturated carbocycles. The predicted octanol–water partition coefficient (Wildman–Crippen LogP) is 2.75. The molecule has 0 aliphatic heterocycles. The number of nitrogens with zero attached hydrogens (tertiary/aromatic N) is 1. The average molecular weight is 345 g/mol. The van der Waals surface area contributed by atoms with Crippen LogP contribution in [0.25, 0.3) is 0 Å². The van der Waals surface area contributed by atoms with E-state index in [0.29, 0.717) is 5.69 Å². The van der Waals surface area contributed by atoms with E-state index in [1.54, 1.807) is 18.3 Å². The van der Waals surface area contributed by atoms with E-state index < -0.39 is 17.4 Å². The zero-order chi connectivity index (χ0) is 17.4. The summed E-state index contributed by atoms with van der Waals surface area (Å²) in [5, 5.41) is 0. The molecule has 2 aromatic rings. The summed E-state index contributed by atoms with van der Waals surface area (Å²) in [5.41, 5.74) is -0.819. The van der Waals surface area contributed by atoms with E-state index >= 15 is 0 Å². The minimum absolute atomic E-state index is 0.118. The molecule has 2 rings (SSSR count). The number of rotatable bonds is 7. The van der Waals surface area contributed by atoms with Crippen LogP contribution in [-0.2, 0) is 25.5 Å². The van der Waals surface area contributed by atoms with Crippen molar-refractivity contribution >= 4 is 23.7 Å². The Labute approximate surface area is 145 Å². The summed E-state index contributed by atoms with van der Waals surface area (Å²) in [5.74, 6) is -1.04. The zero-order valence-corrected chi connectivity index (χ0v) is 14.4. The van der Waals surface area contributed by atoms with E-state index in [4.69, 9.17) is 9.47 Å². The van der Waals surface area contributed by atoms with Gasteiger partial charge in [0, 0.05) is 29.0 Å². The molecule has 0 bridgehead atoms. The van der Waals surface area contributed by atoms with E-state index in [0.717, 1.165) is 4.90 Å². The number of pyridine rings is 1. The van der Waals surface area contributed by atoms with Crippen LogP contribution in [0.3, 0.4) is 0 Å². The summed E-state index contributed by atoms with van der Waals surface area (Å²) in [6, 6.07) is 14.9. The second kappa shape index (κ2) is 8.49. The van der Waals surface area contributed by atoms with Gasteiger partial charge in [0.05, 0.1) is 14.2 Å². The molecule has 0 spiro atoms. The molecule has 126 valence electrons. The van der Waals surface area contributed by atoms with Crippen LogP contribution in [0.4, 0.5) is 0 Å². The number of ether oxygens (including phenoxy) is 2. The lowest BCUT2D eigenvalue weighted by molar-refractivity contribution is -0.167. The quantitative estimate of drug-likeness (QED) is 0.437. The number of thioether (sulfide) groups is 1. The number of hydrogen-bond donors (Lipinski definition) is 0. The number of aromatic nitrogens is 1. The third-order valence-corrected chi connectivity index (χ3v) is 4.83. The van der Waals surface area contributed by atoms with Crippen LogP contribution < -0.4 is 0 Å². The van der Waals surface area contributed by atoms with E-state index in [9.17, 15) is 9.59 Å². The summed E-state index contributed by atoms with van der Waals surface area (Å²) >= 11 is 1.40. The van der Waals surface area contributed by atoms with E-state index in [2.05, 4.69) is 4.98 Å². The Morgan fingerprint density at radius 2 is 1.62 bits per heavy atom. The normalized spacial score (nSPS) is 10.9. The van der Waals surface area contributed by atoms with Crippen LogP contribution >= 0.6 is 11.8 Å². The van der Waals surface area contributed by atoms with Gasteiger partial charge in [-0.3, -0.25) is 14.6 Å². The van der Waals surface area contributed by atoms with Gasteiger partial charge in [0.2, 0.25) is 0 Å². The van der Waals surface area contributed by atoms with Crippen molar-refractivity contribution in [3.63, 3.8) is 0 Å². The molecule has 0 radical (unpaired) electrons. The highest BCUT2D eigenvalue weighted by Crippen LogP contribution is 2.33. The fourth-order valence-electron chi connectivity index (χ4n) is 2.32. The van der Waals surface area contributed by atoms with Gasteiger partial charge in [0.25, 0.3) is 0 Å². The van der Waals surface area contributed by atoms with E-state index in [1.165, 1.54) is 26.0 Å². The molecule has 1 aromatic carbocycles. The van der Waals surface area contributed by atoms with Crippen LogP contribution in [0.2, 0.25) is 0 Å². The van der Waals surface area contributed by atoms with Crippen molar-refractivity contribution in [1.82, 2.24) is 4.98 Å². The first kappa shape index (κ1) is 18.0. The number of esters is 2. The third kappa shape index (κ3) is 4.14. The smallest absolute Gasteiger partial charge is 0.324 e. The molecule has 6 heteroatoms. The maximum atomic E-state index is 12.5. The third-order valence-electron chi connectivity index (χ3n) is 3.59. The minimum atomic E-state index is -1.45. The number of hydrogen-bond acceptors (Lipinski definition) is 6. The topological polar surface area (TPSA) is 65.5 Å². The van der Waals surface area contributed by atoms with Crippen molar-refractivity contribution < 1.29 is 19.1 Å². The molecule has 0 fully saturated rings. The standard InChI is InChI=1S/C18H19NO4S/c1-22-16(20)18(17(21)23-2,12-14-8-6-7-11-19-14)13-24-15-9-4-3-5-10-15/h3-11H,12-13H2,1-2H3. The van der Waals surface area contributed by atoms with Crippen LogP contribution in [0.5, 0.6) is 0 Å². The first-order valence-corrected chi connectivity index (χ1v) is 8.35. The fourth-order valence-corrected chi connectivity index (χ4v) is 3.42. The van der Waals surface area contributed by atoms with Gasteiger partial charge in [-0.15, -0.1) is 11.8 Å². The Morgan fingerprint density at radius 1 is 1.00 bits per heavy atom. The van der Waals surface area contributed by atoms with Gasteiger partial charge in [0.1, 0.15) is 0 Å². The molecule has 0 aliphatic rings. The van der Waals surface area contributed by atoms with E-state index in [1.807, 2.05) is 36.4 Å². The van der Waals surface area contributed by atoms with Crippen LogP contribution in [0.1, 0.15) is 5.69 Å². The molecule has 0 amide bonds. The molecule has 0 aliphatic carbocycles. The Hall–Kier alpha value is -2.34. The zero-order valence-electron chi connectivity index (χ0n) is 13.6. The molecule has 0 N–H and O–H groups in total. The SMILES string of the molecule is COC(=O)C(CSc1ccccc1)(Cc1ccccn1)C(=O)OC. The highest BCUT2D eigenvalue weighted by atomic mass is 32.2. The van der Waals surface area contributed by atoms with Crippen molar-refractivity contribution in [1.29, 1.82) is 0 Å². The van der Waals surface area contributed by atoms with Crippen LogP contribution in [0, 0.1) is 5.41 Å². The first-order valence-electron chi connectivity index (χ1n) is 7.37. The molecule has 24 heavy (non-hydrogen) atoms. The van der Waals surface area contributed by atoms with Crippen LogP contribution in [-0.4, -0.2) is 36.9 Å². The largest absolute Gasteiger partial charge is 0.468 e. The average Bonchev–Trinajstić information content (AvgIpc) is 2.65. The Morgan fingerprint density at radius 3 is 2.17 bits per heavy atom. The summed E-state index contributed by atoms with van der Waals surface area (Å²) in [4.78, 5) is 30.2. The van der Waals surface area contributed by atoms with Crippen molar-refractivity contribution in [2.75, 3.05) is 20.0 Å². The molecule has 1 aromatic heterocycles. The molecule has 5 nitrogen and oxygen atoms in total. The van der Waals surface area contributed by atoms with Crippen LogP contribution in [0.15, 0.2) is 59.6 Å². The maximum Gasteiger partial charge on any atom is 0.324 e. The van der Waals surface area contributed by atoms with Gasteiger partial charge in [-0.25, -0.2) is 0 Å². The summed E-state index contributed by atoms with van der Waals surface area (Å²) in [6.07, 6.45) is 1.74. The lowest BCUT2D eigenvalue weighted by Crippen LogP contribution is -2.45. The number of methoxy groups -OCH3 is 2. The maximum absolute atomic E-state index is 12.5. The highest BCUT2D eigenvalue weighted by molar-refractivity contribution is 7.99. The van der Waals surface area contributed by atoms with Gasteiger partial charge in [-0.2, -0.15) is 0 Å². The summed E-state index contributed by atoms with van der Waals surface area (Å²) < 4.78 is 9.84. The van der Waals surface area contributed by atoms with Gasteiger partial charge in [-0.1, -0.05) is 24.3 Å². The first-order chi connectivity index (χ1) is 11.6. The van der Waals surface area contributed by atoms with Crippen molar-refractivity contribution in [3.8, 4) is 0 Å². The molecular weight excluding hydrogens is 326 g/mol. The molecule has 0 atom stereocenters. The number of benzene rings is 1. The molecular formula is C18H19NO4S. The van der Waals surface area contributed by atoms with Gasteiger partial charge in [0.15, 0.2) is 5.41 Å². The molecule has 0 saturated heterocycles. The van der Waals surface area contributed by atoms with Gasteiger partial charge < -0.3 is 9.47 Å². The minimum Gasteiger partial charge on any atom is -0.468 e. The summed E-state index contributed by atoms with van der Waals surface area (Å²) in [7, 11) is 2.54. The summed E-state index contributed by atoms with van der Waals surface area (Å²) in [6.45, 7) is 0. The van der Waals surface area contributed by atoms with E-state index in [-0.39, 0.29) is 12.2 Å². The lowest BCUT2D eigenvalue weighted by Gasteiger charge is -2.27.